The summed E-state index contributed by atoms with van der Waals surface area (Å²) in [4.78, 5) is 0. The third kappa shape index (κ3) is 4.16. The number of rotatable bonds is 2. The Morgan fingerprint density at radius 2 is 0.429 bits per heavy atom. The fourth-order valence-electron chi connectivity index (χ4n) is 9.58. The zero-order chi connectivity index (χ0) is 36.5. The van der Waals surface area contributed by atoms with Crippen LogP contribution >= 0.6 is 0 Å². The quantitative estimate of drug-likeness (QED) is 0.167. The van der Waals surface area contributed by atoms with Gasteiger partial charge in [0.2, 0.25) is 0 Å². The molecular weight excluding hydrogens is 681 g/mol. The first-order valence-electron chi connectivity index (χ1n) is 19.2. The van der Waals surface area contributed by atoms with Crippen molar-refractivity contribution in [3.8, 4) is 22.3 Å². The van der Waals surface area contributed by atoms with Crippen molar-refractivity contribution in [2.45, 2.75) is 0 Å². The Morgan fingerprint density at radius 1 is 0.179 bits per heavy atom. The zero-order valence-electron chi connectivity index (χ0n) is 30.1. The van der Waals surface area contributed by atoms with Crippen LogP contribution in [0.15, 0.2) is 191 Å². The van der Waals surface area contributed by atoms with Gasteiger partial charge in [0.25, 0.3) is 0 Å². The van der Waals surface area contributed by atoms with Gasteiger partial charge in [-0.15, -0.1) is 0 Å². The van der Waals surface area contributed by atoms with Crippen LogP contribution in [0.2, 0.25) is 0 Å². The molecule has 0 radical (unpaired) electrons. The van der Waals surface area contributed by atoms with Gasteiger partial charge in [-0.2, -0.15) is 0 Å². The molecule has 0 amide bonds. The molecule has 2 aromatic heterocycles. The maximum atomic E-state index is 6.54. The van der Waals surface area contributed by atoms with Crippen molar-refractivity contribution in [1.82, 2.24) is 0 Å². The van der Waals surface area contributed by atoms with Crippen LogP contribution in [0.1, 0.15) is 0 Å². The van der Waals surface area contributed by atoms with Crippen molar-refractivity contribution in [3.05, 3.63) is 182 Å². The second kappa shape index (κ2) is 11.1. The van der Waals surface area contributed by atoms with Gasteiger partial charge < -0.3 is 8.83 Å². The minimum Gasteiger partial charge on any atom is -0.456 e. The van der Waals surface area contributed by atoms with Crippen molar-refractivity contribution >= 4 is 109 Å². The van der Waals surface area contributed by atoms with Crippen LogP contribution in [0.3, 0.4) is 0 Å². The molecule has 0 aliphatic rings. The van der Waals surface area contributed by atoms with Crippen LogP contribution in [0.5, 0.6) is 0 Å². The summed E-state index contributed by atoms with van der Waals surface area (Å²) < 4.78 is 13.1. The molecule has 56 heavy (non-hydrogen) atoms. The largest absolute Gasteiger partial charge is 0.456 e. The van der Waals surface area contributed by atoms with E-state index in [1.165, 1.54) is 75.8 Å². The van der Waals surface area contributed by atoms with Crippen molar-refractivity contribution in [2.24, 2.45) is 0 Å². The summed E-state index contributed by atoms with van der Waals surface area (Å²) in [6.45, 7) is 0. The van der Waals surface area contributed by atoms with Crippen molar-refractivity contribution in [1.29, 1.82) is 0 Å². The van der Waals surface area contributed by atoms with E-state index in [-0.39, 0.29) is 0 Å². The molecule has 2 heteroatoms. The van der Waals surface area contributed by atoms with Gasteiger partial charge in [0, 0.05) is 21.5 Å². The third-order valence-corrected chi connectivity index (χ3v) is 12.2. The van der Waals surface area contributed by atoms with Crippen LogP contribution in [0.4, 0.5) is 0 Å². The molecule has 13 aromatic rings. The maximum absolute atomic E-state index is 6.54. The first-order chi connectivity index (χ1) is 27.7. The van der Waals surface area contributed by atoms with Gasteiger partial charge in [-0.3, -0.25) is 0 Å². The van der Waals surface area contributed by atoms with Gasteiger partial charge in [-0.05, 0) is 135 Å². The SMILES string of the molecule is c1ccc2c(c1)c1ccccc1c1cc(-c3ccc4oc5cc6c(cc5c4c3)oc3ccc(-c4ccc5c7ccccc7c7ccccc7c5c4)cc36)ccc21. The highest BCUT2D eigenvalue weighted by molar-refractivity contribution is 6.27. The number of fused-ring (bicyclic) bond motifs is 18. The lowest BCUT2D eigenvalue weighted by Gasteiger charge is -2.12. The molecular formula is C54H30O2. The molecule has 0 N–H and O–H groups in total. The molecule has 0 aliphatic heterocycles. The van der Waals surface area contributed by atoms with E-state index >= 15 is 0 Å². The lowest BCUT2D eigenvalue weighted by Crippen LogP contribution is -1.85. The highest BCUT2D eigenvalue weighted by Crippen LogP contribution is 2.42. The van der Waals surface area contributed by atoms with E-state index in [0.717, 1.165) is 55.0 Å². The Kier molecular flexibility index (Phi) is 5.92. The monoisotopic (exact) mass is 710 g/mol. The number of furan rings is 2. The lowest BCUT2D eigenvalue weighted by atomic mass is 9.92. The highest BCUT2D eigenvalue weighted by atomic mass is 16.3. The van der Waals surface area contributed by atoms with Crippen LogP contribution in [-0.2, 0) is 0 Å². The summed E-state index contributed by atoms with van der Waals surface area (Å²) in [5, 5.41) is 19.6. The van der Waals surface area contributed by atoms with E-state index in [4.69, 9.17) is 8.83 Å². The molecule has 0 fully saturated rings. The molecule has 0 spiro atoms. The number of hydrogen-bond acceptors (Lipinski definition) is 2. The average Bonchev–Trinajstić information content (AvgIpc) is 3.81. The first kappa shape index (κ1) is 30.0. The Labute approximate surface area is 320 Å². The van der Waals surface area contributed by atoms with Gasteiger partial charge >= 0.3 is 0 Å². The van der Waals surface area contributed by atoms with Crippen LogP contribution < -0.4 is 0 Å². The molecule has 0 atom stereocenters. The van der Waals surface area contributed by atoms with E-state index in [1.54, 1.807) is 0 Å². The Bertz CT molecular complexity index is 3500. The summed E-state index contributed by atoms with van der Waals surface area (Å²) in [5.41, 5.74) is 8.14. The van der Waals surface area contributed by atoms with Crippen LogP contribution in [0, 0.1) is 0 Å². The van der Waals surface area contributed by atoms with Gasteiger partial charge in [-0.1, -0.05) is 133 Å². The Morgan fingerprint density at radius 3 is 0.768 bits per heavy atom. The second-order valence-electron chi connectivity index (χ2n) is 15.2. The molecule has 13 rings (SSSR count). The minimum atomic E-state index is 0.859. The molecule has 0 unspecified atom stereocenters. The fourth-order valence-corrected chi connectivity index (χ4v) is 9.58. The van der Waals surface area contributed by atoms with Gasteiger partial charge in [-0.25, -0.2) is 0 Å². The normalized spacial score (nSPS) is 12.3. The average molecular weight is 711 g/mol. The lowest BCUT2D eigenvalue weighted by molar-refractivity contribution is 0.664. The van der Waals surface area contributed by atoms with Crippen LogP contribution in [-0.4, -0.2) is 0 Å². The van der Waals surface area contributed by atoms with E-state index in [2.05, 4.69) is 182 Å². The molecule has 0 aliphatic carbocycles. The molecule has 2 heterocycles. The Balaban J connectivity index is 0.946. The summed E-state index contributed by atoms with van der Waals surface area (Å²) in [5.74, 6) is 0. The number of hydrogen-bond donors (Lipinski definition) is 0. The van der Waals surface area contributed by atoms with Gasteiger partial charge in [0.05, 0.1) is 0 Å². The summed E-state index contributed by atoms with van der Waals surface area (Å²) in [7, 11) is 0. The molecule has 0 saturated heterocycles. The van der Waals surface area contributed by atoms with Crippen LogP contribution in [0.25, 0.3) is 131 Å². The minimum absolute atomic E-state index is 0.859. The third-order valence-electron chi connectivity index (χ3n) is 12.2. The van der Waals surface area contributed by atoms with E-state index in [0.29, 0.717) is 0 Å². The van der Waals surface area contributed by atoms with E-state index < -0.39 is 0 Å². The topological polar surface area (TPSA) is 26.3 Å². The maximum Gasteiger partial charge on any atom is 0.136 e. The molecule has 11 aromatic carbocycles. The predicted octanol–water partition coefficient (Wildman–Crippen LogP) is 15.7. The first-order valence-corrected chi connectivity index (χ1v) is 19.2. The number of benzene rings is 11. The van der Waals surface area contributed by atoms with Gasteiger partial charge in [0.15, 0.2) is 0 Å². The van der Waals surface area contributed by atoms with E-state index in [1.807, 2.05) is 0 Å². The van der Waals surface area contributed by atoms with E-state index in [9.17, 15) is 0 Å². The molecule has 0 bridgehead atoms. The smallest absolute Gasteiger partial charge is 0.136 e. The molecule has 2 nitrogen and oxygen atoms in total. The second-order valence-corrected chi connectivity index (χ2v) is 15.2. The standard InChI is InChI=1S/C54H30O2/c1-3-13-39-35(9-1)37-11-5-7-15-41(37)45-25-31(17-21-43(39)45)33-19-23-51-47(27-33)49-29-54-50(30-53(49)55-51)48-28-34(20-24-52(48)56-54)32-18-22-44-40-14-4-2-10-36(40)38-12-6-8-16-42(38)46(44)26-32/h1-30H. The van der Waals surface area contributed by atoms with Crippen molar-refractivity contribution < 1.29 is 8.83 Å². The summed E-state index contributed by atoms with van der Waals surface area (Å²) >= 11 is 0. The predicted molar refractivity (Wildman–Crippen MR) is 237 cm³/mol. The Hall–Kier alpha value is -7.42. The van der Waals surface area contributed by atoms with Crippen molar-refractivity contribution in [3.63, 3.8) is 0 Å². The highest BCUT2D eigenvalue weighted by Gasteiger charge is 2.17. The van der Waals surface area contributed by atoms with Gasteiger partial charge in [0.1, 0.15) is 22.3 Å². The zero-order valence-corrected chi connectivity index (χ0v) is 30.1. The fraction of sp³-hybridized carbons (Fsp3) is 0. The van der Waals surface area contributed by atoms with Crippen molar-refractivity contribution in [2.75, 3.05) is 0 Å². The summed E-state index contributed by atoms with van der Waals surface area (Å²) in [6, 6.07) is 66.2. The molecule has 258 valence electrons. The summed E-state index contributed by atoms with van der Waals surface area (Å²) in [6.07, 6.45) is 0. The molecule has 0 saturated carbocycles.